The van der Waals surface area contributed by atoms with Crippen molar-refractivity contribution >= 4 is 14.0 Å². The van der Waals surface area contributed by atoms with E-state index in [0.717, 1.165) is 18.0 Å². The van der Waals surface area contributed by atoms with Gasteiger partial charge in [0, 0.05) is 20.1 Å². The van der Waals surface area contributed by atoms with Crippen molar-refractivity contribution in [3.05, 3.63) is 11.6 Å². The van der Waals surface area contributed by atoms with E-state index >= 15 is 0 Å². The van der Waals surface area contributed by atoms with Crippen molar-refractivity contribution < 1.29 is 9.53 Å². The van der Waals surface area contributed by atoms with Gasteiger partial charge in [0.05, 0.1) is 6.61 Å². The highest BCUT2D eigenvalue weighted by molar-refractivity contribution is 6.76. The number of hydrogen-bond donors (Lipinski definition) is 0. The van der Waals surface area contributed by atoms with Gasteiger partial charge in [0.2, 0.25) is 0 Å². The van der Waals surface area contributed by atoms with Gasteiger partial charge in [-0.2, -0.15) is 0 Å². The first-order valence-corrected chi connectivity index (χ1v) is 8.06. The van der Waals surface area contributed by atoms with E-state index < -0.39 is 8.07 Å². The number of carbonyl (C=O) groups is 1. The summed E-state index contributed by atoms with van der Waals surface area (Å²) in [5.41, 5.74) is 0.887. The highest BCUT2D eigenvalue weighted by atomic mass is 28.3. The lowest BCUT2D eigenvalue weighted by Gasteiger charge is -2.11. The third-order valence-corrected chi connectivity index (χ3v) is 3.26. The lowest BCUT2D eigenvalue weighted by Crippen LogP contribution is -2.17. The van der Waals surface area contributed by atoms with Crippen LogP contribution in [-0.2, 0) is 9.53 Å². The standard InChI is InChI=1S/C9H16O2Si/c1-12(2,3)7-5-8-4-6-11-9(8)10/h5H,4,6-7H2,1-3H3. The summed E-state index contributed by atoms with van der Waals surface area (Å²) in [5, 5.41) is 0. The second-order valence-electron chi connectivity index (χ2n) is 4.38. The van der Waals surface area contributed by atoms with Gasteiger partial charge in [0.25, 0.3) is 0 Å². The Balaban J connectivity index is 2.52. The first-order valence-electron chi connectivity index (χ1n) is 4.35. The van der Waals surface area contributed by atoms with Crippen molar-refractivity contribution in [1.29, 1.82) is 0 Å². The summed E-state index contributed by atoms with van der Waals surface area (Å²) in [5.74, 6) is -0.103. The quantitative estimate of drug-likeness (QED) is 0.373. The topological polar surface area (TPSA) is 26.3 Å². The minimum atomic E-state index is -1.04. The van der Waals surface area contributed by atoms with Crippen molar-refractivity contribution in [2.75, 3.05) is 6.61 Å². The minimum Gasteiger partial charge on any atom is -0.462 e. The molecule has 0 amide bonds. The summed E-state index contributed by atoms with van der Waals surface area (Å²) in [6, 6.07) is 1.08. The Labute approximate surface area is 74.6 Å². The van der Waals surface area contributed by atoms with Crippen molar-refractivity contribution in [2.24, 2.45) is 0 Å². The molecule has 1 rings (SSSR count). The fourth-order valence-corrected chi connectivity index (χ4v) is 1.92. The highest BCUT2D eigenvalue weighted by Gasteiger charge is 2.19. The number of esters is 1. The summed E-state index contributed by atoms with van der Waals surface area (Å²) in [7, 11) is -1.04. The van der Waals surface area contributed by atoms with Crippen molar-refractivity contribution in [3.8, 4) is 0 Å². The van der Waals surface area contributed by atoms with E-state index in [1.165, 1.54) is 0 Å². The summed E-state index contributed by atoms with van der Waals surface area (Å²) in [4.78, 5) is 11.0. The van der Waals surface area contributed by atoms with Crippen LogP contribution >= 0.6 is 0 Å². The monoisotopic (exact) mass is 184 g/mol. The van der Waals surface area contributed by atoms with Gasteiger partial charge in [0.1, 0.15) is 0 Å². The molecular weight excluding hydrogens is 168 g/mol. The lowest BCUT2D eigenvalue weighted by molar-refractivity contribution is -0.135. The normalized spacial score (nSPS) is 21.6. The third kappa shape index (κ3) is 2.81. The maximum absolute atomic E-state index is 11.0. The van der Waals surface area contributed by atoms with Crippen LogP contribution in [0.5, 0.6) is 0 Å². The van der Waals surface area contributed by atoms with Crippen LogP contribution in [-0.4, -0.2) is 20.7 Å². The molecule has 12 heavy (non-hydrogen) atoms. The van der Waals surface area contributed by atoms with Crippen LogP contribution in [0.15, 0.2) is 11.6 Å². The van der Waals surface area contributed by atoms with E-state index in [9.17, 15) is 4.79 Å². The first-order chi connectivity index (χ1) is 5.49. The summed E-state index contributed by atoms with van der Waals surface area (Å²) in [6.07, 6.45) is 2.88. The van der Waals surface area contributed by atoms with E-state index in [1.807, 2.05) is 0 Å². The van der Waals surface area contributed by atoms with E-state index in [0.29, 0.717) is 6.61 Å². The number of carbonyl (C=O) groups excluding carboxylic acids is 1. The Hall–Kier alpha value is -0.573. The minimum absolute atomic E-state index is 0.103. The zero-order valence-electron chi connectivity index (χ0n) is 8.02. The summed E-state index contributed by atoms with van der Waals surface area (Å²) >= 11 is 0. The van der Waals surface area contributed by atoms with E-state index in [-0.39, 0.29) is 5.97 Å². The van der Waals surface area contributed by atoms with Crippen LogP contribution in [0.4, 0.5) is 0 Å². The van der Waals surface area contributed by atoms with Crippen LogP contribution in [0.1, 0.15) is 6.42 Å². The molecule has 0 N–H and O–H groups in total. The van der Waals surface area contributed by atoms with Gasteiger partial charge in [-0.05, 0) is 6.04 Å². The van der Waals surface area contributed by atoms with E-state index in [1.54, 1.807) is 0 Å². The molecule has 68 valence electrons. The number of cyclic esters (lactones) is 1. The molecule has 0 aromatic heterocycles. The highest BCUT2D eigenvalue weighted by Crippen LogP contribution is 2.17. The van der Waals surface area contributed by atoms with Gasteiger partial charge in [-0.1, -0.05) is 25.7 Å². The van der Waals surface area contributed by atoms with Gasteiger partial charge >= 0.3 is 5.97 Å². The Kier molecular flexibility index (Phi) is 2.72. The van der Waals surface area contributed by atoms with Gasteiger partial charge in [0.15, 0.2) is 0 Å². The fourth-order valence-electron chi connectivity index (χ4n) is 1.06. The molecular formula is C9H16O2Si. The van der Waals surface area contributed by atoms with Crippen molar-refractivity contribution in [2.45, 2.75) is 32.1 Å². The average Bonchev–Trinajstić information content (AvgIpc) is 2.29. The molecule has 0 aromatic carbocycles. The van der Waals surface area contributed by atoms with Gasteiger partial charge in [-0.3, -0.25) is 0 Å². The second-order valence-corrected chi connectivity index (χ2v) is 9.91. The molecule has 3 heteroatoms. The maximum atomic E-state index is 11.0. The molecule has 0 radical (unpaired) electrons. The number of hydrogen-bond acceptors (Lipinski definition) is 2. The lowest BCUT2D eigenvalue weighted by atomic mass is 10.2. The summed E-state index contributed by atoms with van der Waals surface area (Å²) in [6.45, 7) is 7.47. The first kappa shape index (κ1) is 9.51. The Morgan fingerprint density at radius 3 is 2.58 bits per heavy atom. The van der Waals surface area contributed by atoms with Gasteiger partial charge in [-0.25, -0.2) is 4.79 Å². The number of allylic oxidation sites excluding steroid dienone is 1. The molecule has 0 atom stereocenters. The molecule has 1 heterocycles. The molecule has 0 bridgehead atoms. The van der Waals surface area contributed by atoms with Crippen molar-refractivity contribution in [3.63, 3.8) is 0 Å². The molecule has 0 spiro atoms. The van der Waals surface area contributed by atoms with Gasteiger partial charge < -0.3 is 4.74 Å². The average molecular weight is 184 g/mol. The molecule has 1 saturated heterocycles. The van der Waals surface area contributed by atoms with Gasteiger partial charge in [-0.15, -0.1) is 0 Å². The zero-order chi connectivity index (χ0) is 9.19. The van der Waals surface area contributed by atoms with Crippen LogP contribution in [0.25, 0.3) is 0 Å². The largest absolute Gasteiger partial charge is 0.462 e. The Bertz CT molecular complexity index is 213. The predicted octanol–water partition coefficient (Wildman–Crippen LogP) is 2.20. The molecule has 0 aromatic rings. The fraction of sp³-hybridized carbons (Fsp3) is 0.667. The molecule has 1 fully saturated rings. The zero-order valence-corrected chi connectivity index (χ0v) is 9.02. The molecule has 0 saturated carbocycles. The molecule has 0 unspecified atom stereocenters. The second kappa shape index (κ2) is 3.43. The van der Waals surface area contributed by atoms with Crippen LogP contribution < -0.4 is 0 Å². The predicted molar refractivity (Wildman–Crippen MR) is 51.8 cm³/mol. The van der Waals surface area contributed by atoms with E-state index in [4.69, 9.17) is 4.74 Å². The Morgan fingerprint density at radius 1 is 1.50 bits per heavy atom. The number of rotatable bonds is 2. The molecule has 2 nitrogen and oxygen atoms in total. The summed E-state index contributed by atoms with van der Waals surface area (Å²) < 4.78 is 4.84. The van der Waals surface area contributed by atoms with Crippen LogP contribution in [0, 0.1) is 0 Å². The van der Waals surface area contributed by atoms with Crippen molar-refractivity contribution in [1.82, 2.24) is 0 Å². The van der Waals surface area contributed by atoms with E-state index in [2.05, 4.69) is 25.7 Å². The third-order valence-electron chi connectivity index (χ3n) is 1.83. The molecule has 1 aliphatic heterocycles. The Morgan fingerprint density at radius 2 is 2.17 bits per heavy atom. The molecule has 1 aliphatic rings. The van der Waals surface area contributed by atoms with Crippen LogP contribution in [0.2, 0.25) is 25.7 Å². The smallest absolute Gasteiger partial charge is 0.333 e. The molecule has 0 aliphatic carbocycles. The number of ether oxygens (including phenoxy) is 1. The van der Waals surface area contributed by atoms with Crippen LogP contribution in [0.3, 0.4) is 0 Å². The maximum Gasteiger partial charge on any atom is 0.333 e. The SMILES string of the molecule is C[Si](C)(C)CC=C1CCOC1=O.